The number of benzene rings is 1. The number of nitro groups is 1. The number of primary amides is 1. The van der Waals surface area contributed by atoms with E-state index in [0.29, 0.717) is 16.3 Å². The summed E-state index contributed by atoms with van der Waals surface area (Å²) in [7, 11) is 0. The fourth-order valence-corrected chi connectivity index (χ4v) is 2.12. The number of halogens is 1. The molecular formula is C12H14BrN3O4. The summed E-state index contributed by atoms with van der Waals surface area (Å²) in [5.74, 6) is -0.184. The average Bonchev–Trinajstić information content (AvgIpc) is 3.17. The molecule has 1 atom stereocenters. The third kappa shape index (κ3) is 4.17. The van der Waals surface area contributed by atoms with Gasteiger partial charge in [0, 0.05) is 16.6 Å². The van der Waals surface area contributed by atoms with E-state index in [9.17, 15) is 14.9 Å². The monoisotopic (exact) mass is 343 g/mol. The van der Waals surface area contributed by atoms with E-state index in [1.807, 2.05) is 0 Å². The highest BCUT2D eigenvalue weighted by atomic mass is 79.9. The summed E-state index contributed by atoms with van der Waals surface area (Å²) < 4.78 is 5.97. The molecule has 20 heavy (non-hydrogen) atoms. The number of ether oxygens (including phenoxy) is 1. The molecule has 0 radical (unpaired) electrons. The van der Waals surface area contributed by atoms with Crippen molar-refractivity contribution in [3.05, 3.63) is 32.8 Å². The van der Waals surface area contributed by atoms with Gasteiger partial charge in [0.05, 0.1) is 11.0 Å². The van der Waals surface area contributed by atoms with Crippen molar-refractivity contribution in [3.8, 4) is 5.75 Å². The standard InChI is InChI=1S/C12H14BrN3O4/c13-7-3-9(16(18)19)5-10(4-7)20-6-11(12(14)17)15-8-1-2-8/h3-5,8,11,15H,1-2,6H2,(H2,14,17). The summed E-state index contributed by atoms with van der Waals surface area (Å²) in [5, 5.41) is 13.8. The van der Waals surface area contributed by atoms with Crippen LogP contribution in [0.3, 0.4) is 0 Å². The van der Waals surface area contributed by atoms with Crippen LogP contribution in [0, 0.1) is 10.1 Å². The number of hydrogen-bond donors (Lipinski definition) is 2. The van der Waals surface area contributed by atoms with Gasteiger partial charge in [-0.2, -0.15) is 0 Å². The Hall–Kier alpha value is -1.67. The molecule has 1 amide bonds. The van der Waals surface area contributed by atoms with Crippen LogP contribution >= 0.6 is 15.9 Å². The molecule has 1 aromatic rings. The van der Waals surface area contributed by atoms with E-state index in [4.69, 9.17) is 10.5 Å². The number of nitro benzene ring substituents is 1. The number of hydrogen-bond acceptors (Lipinski definition) is 5. The predicted molar refractivity (Wildman–Crippen MR) is 75.4 cm³/mol. The van der Waals surface area contributed by atoms with Gasteiger partial charge in [-0.3, -0.25) is 14.9 Å². The molecular weight excluding hydrogens is 330 g/mol. The smallest absolute Gasteiger partial charge is 0.274 e. The van der Waals surface area contributed by atoms with Crippen LogP contribution in [-0.2, 0) is 4.79 Å². The highest BCUT2D eigenvalue weighted by Gasteiger charge is 2.27. The first-order valence-corrected chi connectivity index (χ1v) is 6.88. The average molecular weight is 344 g/mol. The summed E-state index contributed by atoms with van der Waals surface area (Å²) in [6.45, 7) is 0.0411. The third-order valence-corrected chi connectivity index (χ3v) is 3.30. The minimum atomic E-state index is -0.597. The molecule has 7 nitrogen and oxygen atoms in total. The van der Waals surface area contributed by atoms with E-state index in [0.717, 1.165) is 12.8 Å². The number of rotatable bonds is 7. The highest BCUT2D eigenvalue weighted by Crippen LogP contribution is 2.26. The molecule has 1 unspecified atom stereocenters. The van der Waals surface area contributed by atoms with Crippen LogP contribution < -0.4 is 15.8 Å². The van der Waals surface area contributed by atoms with Gasteiger partial charge >= 0.3 is 0 Å². The number of carbonyl (C=O) groups excluding carboxylic acids is 1. The minimum absolute atomic E-state index is 0.0411. The largest absolute Gasteiger partial charge is 0.491 e. The van der Waals surface area contributed by atoms with Crippen LogP contribution in [0.2, 0.25) is 0 Å². The number of amides is 1. The van der Waals surface area contributed by atoms with E-state index in [1.54, 1.807) is 6.07 Å². The van der Waals surface area contributed by atoms with E-state index in [-0.39, 0.29) is 12.3 Å². The molecule has 0 aromatic heterocycles. The minimum Gasteiger partial charge on any atom is -0.491 e. The predicted octanol–water partition coefficient (Wildman–Crippen LogP) is 1.34. The van der Waals surface area contributed by atoms with Crippen molar-refractivity contribution < 1.29 is 14.5 Å². The van der Waals surface area contributed by atoms with Crippen LogP contribution in [0.4, 0.5) is 5.69 Å². The lowest BCUT2D eigenvalue weighted by atomic mass is 10.3. The SMILES string of the molecule is NC(=O)C(COc1cc(Br)cc([N+](=O)[O-])c1)NC1CC1. The second-order valence-corrected chi connectivity index (χ2v) is 5.52. The fraction of sp³-hybridized carbons (Fsp3) is 0.417. The Morgan fingerprint density at radius 2 is 2.25 bits per heavy atom. The summed E-state index contributed by atoms with van der Waals surface area (Å²) >= 11 is 3.18. The summed E-state index contributed by atoms with van der Waals surface area (Å²) in [5.41, 5.74) is 5.20. The van der Waals surface area contributed by atoms with Gasteiger partial charge in [-0.1, -0.05) is 15.9 Å². The number of nitrogens with zero attached hydrogens (tertiary/aromatic N) is 1. The van der Waals surface area contributed by atoms with E-state index in [2.05, 4.69) is 21.2 Å². The number of nitrogens with one attached hydrogen (secondary N) is 1. The first-order chi connectivity index (χ1) is 9.45. The molecule has 8 heteroatoms. The maximum absolute atomic E-state index is 11.3. The number of carbonyl (C=O) groups is 1. The quantitative estimate of drug-likeness (QED) is 0.573. The molecule has 1 aromatic carbocycles. The molecule has 1 saturated carbocycles. The lowest BCUT2D eigenvalue weighted by Crippen LogP contribution is -2.46. The van der Waals surface area contributed by atoms with E-state index in [1.165, 1.54) is 12.1 Å². The molecule has 0 bridgehead atoms. The van der Waals surface area contributed by atoms with Crippen molar-refractivity contribution in [2.75, 3.05) is 6.61 Å². The van der Waals surface area contributed by atoms with Gasteiger partial charge in [-0.25, -0.2) is 0 Å². The van der Waals surface area contributed by atoms with Crippen molar-refractivity contribution in [1.29, 1.82) is 0 Å². The zero-order valence-electron chi connectivity index (χ0n) is 10.5. The Morgan fingerprint density at radius 1 is 1.55 bits per heavy atom. The van der Waals surface area contributed by atoms with Gasteiger partial charge in [0.1, 0.15) is 18.4 Å². The molecule has 1 aliphatic rings. The molecule has 3 N–H and O–H groups in total. The van der Waals surface area contributed by atoms with Crippen molar-refractivity contribution in [2.24, 2.45) is 5.73 Å². The van der Waals surface area contributed by atoms with Gasteiger partial charge in [-0.05, 0) is 18.9 Å². The molecule has 108 valence electrons. The fourth-order valence-electron chi connectivity index (χ4n) is 1.66. The molecule has 0 aliphatic heterocycles. The molecule has 0 spiro atoms. The second-order valence-electron chi connectivity index (χ2n) is 4.61. The summed E-state index contributed by atoms with van der Waals surface area (Å²) in [6.07, 6.45) is 2.04. The van der Waals surface area contributed by atoms with Crippen LogP contribution in [0.5, 0.6) is 5.75 Å². The Morgan fingerprint density at radius 3 is 2.80 bits per heavy atom. The Labute approximate surface area is 123 Å². The van der Waals surface area contributed by atoms with Crippen molar-refractivity contribution in [1.82, 2.24) is 5.32 Å². The number of non-ortho nitro benzene ring substituents is 1. The van der Waals surface area contributed by atoms with E-state index < -0.39 is 16.9 Å². The first-order valence-electron chi connectivity index (χ1n) is 6.09. The summed E-state index contributed by atoms with van der Waals surface area (Å²) in [6, 6.07) is 4.00. The Bertz CT molecular complexity index is 533. The normalized spacial score (nSPS) is 15.7. The number of nitrogens with two attached hydrogens (primary N) is 1. The van der Waals surface area contributed by atoms with Crippen LogP contribution in [0.15, 0.2) is 22.7 Å². The maximum atomic E-state index is 11.3. The Balaban J connectivity index is 2.01. The first kappa shape index (κ1) is 14.7. The van der Waals surface area contributed by atoms with E-state index >= 15 is 0 Å². The molecule has 1 fully saturated rings. The van der Waals surface area contributed by atoms with Gasteiger partial charge in [0.25, 0.3) is 5.69 Å². The summed E-state index contributed by atoms with van der Waals surface area (Å²) in [4.78, 5) is 21.5. The molecule has 1 aliphatic carbocycles. The lowest BCUT2D eigenvalue weighted by Gasteiger charge is -2.16. The van der Waals surface area contributed by atoms with Crippen LogP contribution in [-0.4, -0.2) is 29.5 Å². The third-order valence-electron chi connectivity index (χ3n) is 2.84. The van der Waals surface area contributed by atoms with Crippen LogP contribution in [0.1, 0.15) is 12.8 Å². The van der Waals surface area contributed by atoms with Crippen LogP contribution in [0.25, 0.3) is 0 Å². The van der Waals surface area contributed by atoms with Gasteiger partial charge < -0.3 is 15.8 Å². The van der Waals surface area contributed by atoms with Gasteiger partial charge in [0.15, 0.2) is 0 Å². The van der Waals surface area contributed by atoms with Gasteiger partial charge in [-0.15, -0.1) is 0 Å². The molecule has 0 saturated heterocycles. The van der Waals surface area contributed by atoms with Crippen molar-refractivity contribution >= 4 is 27.5 Å². The second kappa shape index (κ2) is 6.19. The zero-order valence-corrected chi connectivity index (χ0v) is 12.1. The highest BCUT2D eigenvalue weighted by molar-refractivity contribution is 9.10. The van der Waals surface area contributed by atoms with Gasteiger partial charge in [0.2, 0.25) is 5.91 Å². The molecule has 0 heterocycles. The zero-order chi connectivity index (χ0) is 14.7. The lowest BCUT2D eigenvalue weighted by molar-refractivity contribution is -0.385. The Kier molecular flexibility index (Phi) is 4.56. The van der Waals surface area contributed by atoms with Crippen molar-refractivity contribution in [3.63, 3.8) is 0 Å². The van der Waals surface area contributed by atoms with Crippen molar-refractivity contribution in [2.45, 2.75) is 24.9 Å². The topological polar surface area (TPSA) is 107 Å². The molecule has 2 rings (SSSR count). The maximum Gasteiger partial charge on any atom is 0.274 e.